The van der Waals surface area contributed by atoms with Crippen molar-refractivity contribution >= 4 is 0 Å². The molecule has 152 valence electrons. The molecule has 2 heteroatoms. The summed E-state index contributed by atoms with van der Waals surface area (Å²) < 4.78 is 1.37. The Morgan fingerprint density at radius 1 is 0.520 bits per heavy atom. The molecule has 1 nitrogen and oxygen atoms in total. The monoisotopic (exact) mass is 417 g/mol. The highest BCUT2D eigenvalue weighted by Gasteiger charge is 2.22. The van der Waals surface area contributed by atoms with Crippen LogP contribution in [0, 0.1) is 0 Å². The van der Waals surface area contributed by atoms with Crippen LogP contribution in [0.5, 0.6) is 0 Å². The van der Waals surface area contributed by atoms with Gasteiger partial charge in [0.1, 0.15) is 0 Å². The van der Waals surface area contributed by atoms with Gasteiger partial charge in [-0.15, -0.1) is 0 Å². The lowest BCUT2D eigenvalue weighted by Crippen LogP contribution is -3.00. The molecule has 0 N–H and O–H groups in total. The van der Waals surface area contributed by atoms with E-state index in [2.05, 4.69) is 14.0 Å². The van der Waals surface area contributed by atoms with Gasteiger partial charge in [0.2, 0.25) is 0 Å². The van der Waals surface area contributed by atoms with Gasteiger partial charge in [0.15, 0.2) is 0 Å². The Kier molecular flexibility index (Phi) is 18.1. The molecular weight excluding hydrogens is 370 g/mol. The highest BCUT2D eigenvalue weighted by atomic mass is 79.9. The van der Waals surface area contributed by atoms with E-state index in [1.165, 1.54) is 140 Å². The van der Waals surface area contributed by atoms with Crippen LogP contribution in [0.25, 0.3) is 0 Å². The molecule has 0 atom stereocenters. The molecule has 1 fully saturated rings. The van der Waals surface area contributed by atoms with Crippen molar-refractivity contribution in [2.45, 2.75) is 122 Å². The summed E-state index contributed by atoms with van der Waals surface area (Å²) in [7, 11) is 2.51. The van der Waals surface area contributed by atoms with Gasteiger partial charge in [-0.1, -0.05) is 84.0 Å². The standard InChI is InChI=1S/C23H48N.BrH/c1-3-4-5-6-7-8-9-10-11-12-13-14-15-18-21-24(2)22-19-16-17-20-23-24;/h3-23H2,1-2H3;1H/q+1;/p-1. The van der Waals surface area contributed by atoms with Crippen LogP contribution in [0.15, 0.2) is 0 Å². The molecule has 0 saturated carbocycles. The molecule has 0 bridgehead atoms. The zero-order valence-corrected chi connectivity index (χ0v) is 19.3. The molecule has 0 radical (unpaired) electrons. The third kappa shape index (κ3) is 15.2. The molecule has 1 rings (SSSR count). The number of unbranched alkanes of at least 4 members (excludes halogenated alkanes) is 13. The Morgan fingerprint density at radius 3 is 1.28 bits per heavy atom. The smallest absolute Gasteiger partial charge is 0.0784 e. The predicted octanol–water partition coefficient (Wildman–Crippen LogP) is 4.49. The van der Waals surface area contributed by atoms with E-state index in [-0.39, 0.29) is 17.0 Å². The second-order valence-corrected chi connectivity index (χ2v) is 8.80. The van der Waals surface area contributed by atoms with Crippen molar-refractivity contribution in [3.8, 4) is 0 Å². The molecule has 1 aliphatic rings. The van der Waals surface area contributed by atoms with Crippen LogP contribution in [0.1, 0.15) is 122 Å². The van der Waals surface area contributed by atoms with Gasteiger partial charge in [-0.25, -0.2) is 0 Å². The lowest BCUT2D eigenvalue weighted by atomic mass is 10.0. The van der Waals surface area contributed by atoms with Gasteiger partial charge in [-0.3, -0.25) is 0 Å². The van der Waals surface area contributed by atoms with Crippen LogP contribution >= 0.6 is 0 Å². The van der Waals surface area contributed by atoms with Gasteiger partial charge in [-0.2, -0.15) is 0 Å². The minimum absolute atomic E-state index is 0. The maximum atomic E-state index is 2.51. The summed E-state index contributed by atoms with van der Waals surface area (Å²) >= 11 is 0. The molecule has 0 spiro atoms. The van der Waals surface area contributed by atoms with Crippen molar-refractivity contribution in [3.63, 3.8) is 0 Å². The maximum absolute atomic E-state index is 2.51. The van der Waals surface area contributed by atoms with Gasteiger partial charge >= 0.3 is 0 Å². The average molecular weight is 419 g/mol. The first-order valence-electron chi connectivity index (χ1n) is 11.6. The average Bonchev–Trinajstić information content (AvgIpc) is 2.80. The first-order valence-corrected chi connectivity index (χ1v) is 11.6. The molecule has 0 unspecified atom stereocenters. The van der Waals surface area contributed by atoms with Crippen LogP contribution in [0.3, 0.4) is 0 Å². The third-order valence-electron chi connectivity index (χ3n) is 6.20. The molecule has 1 saturated heterocycles. The van der Waals surface area contributed by atoms with Gasteiger partial charge in [0.05, 0.1) is 26.7 Å². The van der Waals surface area contributed by atoms with E-state index < -0.39 is 0 Å². The number of halogens is 1. The van der Waals surface area contributed by atoms with E-state index in [0.717, 1.165) is 0 Å². The van der Waals surface area contributed by atoms with Crippen molar-refractivity contribution < 1.29 is 21.5 Å². The summed E-state index contributed by atoms with van der Waals surface area (Å²) in [5.41, 5.74) is 0. The van der Waals surface area contributed by atoms with Crippen LogP contribution in [0.2, 0.25) is 0 Å². The molecule has 1 heterocycles. The van der Waals surface area contributed by atoms with E-state index in [9.17, 15) is 0 Å². The highest BCUT2D eigenvalue weighted by Crippen LogP contribution is 2.18. The van der Waals surface area contributed by atoms with Crippen molar-refractivity contribution in [1.29, 1.82) is 0 Å². The minimum Gasteiger partial charge on any atom is -1.00 e. The summed E-state index contributed by atoms with van der Waals surface area (Å²) in [5.74, 6) is 0. The summed E-state index contributed by atoms with van der Waals surface area (Å²) in [5, 5.41) is 0. The maximum Gasteiger partial charge on any atom is 0.0784 e. The van der Waals surface area contributed by atoms with Gasteiger partial charge in [0.25, 0.3) is 0 Å². The fourth-order valence-electron chi connectivity index (χ4n) is 4.36. The minimum atomic E-state index is 0. The van der Waals surface area contributed by atoms with Gasteiger partial charge in [-0.05, 0) is 38.5 Å². The van der Waals surface area contributed by atoms with Crippen LogP contribution < -0.4 is 17.0 Å². The third-order valence-corrected chi connectivity index (χ3v) is 6.20. The number of rotatable bonds is 15. The molecule has 1 aliphatic heterocycles. The molecule has 0 aromatic rings. The van der Waals surface area contributed by atoms with Crippen LogP contribution in [0.4, 0.5) is 0 Å². The summed E-state index contributed by atoms with van der Waals surface area (Å²) in [6.45, 7) is 6.63. The Balaban J connectivity index is 0.00000576. The van der Waals surface area contributed by atoms with Crippen LogP contribution in [-0.2, 0) is 0 Å². The van der Waals surface area contributed by atoms with Gasteiger partial charge in [0, 0.05) is 0 Å². The highest BCUT2D eigenvalue weighted by molar-refractivity contribution is 4.53. The van der Waals surface area contributed by atoms with Crippen LogP contribution in [-0.4, -0.2) is 31.2 Å². The number of quaternary nitrogens is 1. The fourth-order valence-corrected chi connectivity index (χ4v) is 4.36. The topological polar surface area (TPSA) is 0 Å². The zero-order chi connectivity index (χ0) is 17.3. The molecular formula is C23H48BrN. The van der Waals surface area contributed by atoms with E-state index in [1.807, 2.05) is 0 Å². The quantitative estimate of drug-likeness (QED) is 0.272. The van der Waals surface area contributed by atoms with Crippen molar-refractivity contribution in [1.82, 2.24) is 0 Å². The predicted molar refractivity (Wildman–Crippen MR) is 110 cm³/mol. The van der Waals surface area contributed by atoms with E-state index >= 15 is 0 Å². The Hall–Kier alpha value is 0.440. The van der Waals surface area contributed by atoms with E-state index in [0.29, 0.717) is 0 Å². The number of hydrogen-bond donors (Lipinski definition) is 0. The molecule has 0 aromatic heterocycles. The number of likely N-dealkylation sites (tertiary alicyclic amines) is 1. The lowest BCUT2D eigenvalue weighted by Gasteiger charge is -2.33. The SMILES string of the molecule is CCCCCCCCCCCCCCCC[N+]1(C)CCCCCC1.[Br-]. The fraction of sp³-hybridized carbons (Fsp3) is 1.00. The van der Waals surface area contributed by atoms with E-state index in [1.54, 1.807) is 0 Å². The van der Waals surface area contributed by atoms with Crippen molar-refractivity contribution in [3.05, 3.63) is 0 Å². The Bertz CT molecular complexity index is 259. The normalized spacial score (nSPS) is 17.0. The molecule has 25 heavy (non-hydrogen) atoms. The van der Waals surface area contributed by atoms with Crippen molar-refractivity contribution in [2.75, 3.05) is 26.7 Å². The summed E-state index contributed by atoms with van der Waals surface area (Å²) in [6.07, 6.45) is 26.5. The number of nitrogens with zero attached hydrogens (tertiary/aromatic N) is 1. The zero-order valence-electron chi connectivity index (χ0n) is 17.7. The Morgan fingerprint density at radius 2 is 0.880 bits per heavy atom. The molecule has 0 aromatic carbocycles. The first kappa shape index (κ1) is 25.4. The second kappa shape index (κ2) is 17.8. The number of hydrogen-bond acceptors (Lipinski definition) is 0. The first-order chi connectivity index (χ1) is 11.8. The largest absolute Gasteiger partial charge is 1.00 e. The summed E-state index contributed by atoms with van der Waals surface area (Å²) in [4.78, 5) is 0. The van der Waals surface area contributed by atoms with Crippen molar-refractivity contribution in [2.24, 2.45) is 0 Å². The molecule has 0 amide bonds. The summed E-state index contributed by atoms with van der Waals surface area (Å²) in [6, 6.07) is 0. The van der Waals surface area contributed by atoms with Gasteiger partial charge < -0.3 is 21.5 Å². The lowest BCUT2D eigenvalue weighted by molar-refractivity contribution is -0.909. The molecule has 0 aliphatic carbocycles. The Labute approximate surface area is 170 Å². The van der Waals surface area contributed by atoms with E-state index in [4.69, 9.17) is 0 Å². The second-order valence-electron chi connectivity index (χ2n) is 8.80.